The van der Waals surface area contributed by atoms with Gasteiger partial charge in [0.15, 0.2) is 0 Å². The Morgan fingerprint density at radius 1 is 1.47 bits per heavy atom. The molecule has 0 aliphatic carbocycles. The summed E-state index contributed by atoms with van der Waals surface area (Å²) in [7, 11) is 1.82. The fraction of sp³-hybridized carbons (Fsp3) is 0.700. The van der Waals surface area contributed by atoms with Crippen LogP contribution in [0.2, 0.25) is 0 Å². The van der Waals surface area contributed by atoms with Crippen LogP contribution >= 0.6 is 0 Å². The lowest BCUT2D eigenvalue weighted by atomic mass is 10.3. The van der Waals surface area contributed by atoms with E-state index in [-0.39, 0.29) is 6.61 Å². The zero-order valence-corrected chi connectivity index (χ0v) is 9.84. The molecular formula is C10H16F3N3O. The summed E-state index contributed by atoms with van der Waals surface area (Å²) in [4.78, 5) is 0. The van der Waals surface area contributed by atoms with Crippen molar-refractivity contribution in [1.82, 2.24) is 15.1 Å². The topological polar surface area (TPSA) is 39.1 Å². The summed E-state index contributed by atoms with van der Waals surface area (Å²) in [6.07, 6.45) is -2.46. The number of rotatable bonds is 6. The minimum atomic E-state index is -4.27. The molecule has 0 saturated heterocycles. The molecular weight excluding hydrogens is 235 g/mol. The summed E-state index contributed by atoms with van der Waals surface area (Å²) < 4.78 is 41.5. The van der Waals surface area contributed by atoms with E-state index >= 15 is 0 Å². The van der Waals surface area contributed by atoms with E-state index in [2.05, 4.69) is 15.2 Å². The summed E-state index contributed by atoms with van der Waals surface area (Å²) >= 11 is 0. The molecule has 1 N–H and O–H groups in total. The summed E-state index contributed by atoms with van der Waals surface area (Å²) in [5.41, 5.74) is 1.90. The lowest BCUT2D eigenvalue weighted by Gasteiger charge is -2.07. The normalized spacial score (nSPS) is 12.1. The zero-order chi connectivity index (χ0) is 12.9. The Hall–Kier alpha value is -1.08. The molecule has 0 amide bonds. The van der Waals surface area contributed by atoms with Gasteiger partial charge in [-0.15, -0.1) is 0 Å². The Bertz CT molecular complexity index is 349. The first-order chi connectivity index (χ1) is 7.92. The van der Waals surface area contributed by atoms with Gasteiger partial charge in [0.2, 0.25) is 0 Å². The van der Waals surface area contributed by atoms with Crippen molar-refractivity contribution >= 4 is 0 Å². The highest BCUT2D eigenvalue weighted by molar-refractivity contribution is 5.14. The van der Waals surface area contributed by atoms with Crippen LogP contribution < -0.4 is 5.32 Å². The molecule has 1 heterocycles. The van der Waals surface area contributed by atoms with Crippen molar-refractivity contribution in [3.63, 3.8) is 0 Å². The smallest absolute Gasteiger partial charge is 0.370 e. The highest BCUT2D eigenvalue weighted by atomic mass is 19.4. The fourth-order valence-corrected chi connectivity index (χ4v) is 1.38. The minimum Gasteiger partial charge on any atom is -0.370 e. The van der Waals surface area contributed by atoms with E-state index in [0.29, 0.717) is 13.1 Å². The first kappa shape index (κ1) is 14.0. The van der Waals surface area contributed by atoms with Crippen LogP contribution in [0, 0.1) is 6.92 Å². The quantitative estimate of drug-likeness (QED) is 0.779. The highest BCUT2D eigenvalue weighted by Crippen LogP contribution is 2.14. The number of alkyl halides is 3. The van der Waals surface area contributed by atoms with Crippen LogP contribution in [0.15, 0.2) is 6.20 Å². The largest absolute Gasteiger partial charge is 0.411 e. The molecule has 1 aromatic heterocycles. The molecule has 0 aliphatic rings. The summed E-state index contributed by atoms with van der Waals surface area (Å²) in [5, 5.41) is 7.17. The first-order valence-corrected chi connectivity index (χ1v) is 5.24. The van der Waals surface area contributed by atoms with E-state index in [4.69, 9.17) is 0 Å². The number of aryl methyl sites for hydroxylation is 1. The highest BCUT2D eigenvalue weighted by Gasteiger charge is 2.27. The van der Waals surface area contributed by atoms with Crippen molar-refractivity contribution < 1.29 is 17.9 Å². The minimum absolute atomic E-state index is 0.000373. The van der Waals surface area contributed by atoms with Gasteiger partial charge >= 0.3 is 6.18 Å². The summed E-state index contributed by atoms with van der Waals surface area (Å²) in [6, 6.07) is 0. The van der Waals surface area contributed by atoms with Crippen LogP contribution in [0.25, 0.3) is 0 Å². The van der Waals surface area contributed by atoms with E-state index < -0.39 is 12.8 Å². The third-order valence-corrected chi connectivity index (χ3v) is 2.15. The molecule has 0 unspecified atom stereocenters. The second kappa shape index (κ2) is 6.02. The number of nitrogens with one attached hydrogen (secondary N) is 1. The van der Waals surface area contributed by atoms with Gasteiger partial charge < -0.3 is 10.1 Å². The van der Waals surface area contributed by atoms with Crippen LogP contribution in [0.3, 0.4) is 0 Å². The van der Waals surface area contributed by atoms with E-state index in [9.17, 15) is 13.2 Å². The average Bonchev–Trinajstić information content (AvgIpc) is 2.54. The molecule has 4 nitrogen and oxygen atoms in total. The lowest BCUT2D eigenvalue weighted by Crippen LogP contribution is -2.19. The average molecular weight is 251 g/mol. The number of halogens is 3. The molecule has 0 atom stereocenters. The van der Waals surface area contributed by atoms with Gasteiger partial charge in [0.1, 0.15) is 6.61 Å². The number of hydrogen-bond donors (Lipinski definition) is 1. The summed E-state index contributed by atoms with van der Waals surface area (Å²) in [6.45, 7) is 1.66. The molecule has 0 fully saturated rings. The molecule has 1 rings (SSSR count). The lowest BCUT2D eigenvalue weighted by molar-refractivity contribution is -0.174. The first-order valence-electron chi connectivity index (χ1n) is 5.24. The van der Waals surface area contributed by atoms with Crippen molar-refractivity contribution in [2.75, 3.05) is 20.3 Å². The number of aromatic nitrogens is 2. The van der Waals surface area contributed by atoms with Gasteiger partial charge in [-0.25, -0.2) is 0 Å². The Kier molecular flexibility index (Phi) is 4.95. The van der Waals surface area contributed by atoms with Gasteiger partial charge in [-0.1, -0.05) is 0 Å². The van der Waals surface area contributed by atoms with Crippen LogP contribution in [0.4, 0.5) is 13.2 Å². The van der Waals surface area contributed by atoms with Crippen LogP contribution in [-0.4, -0.2) is 36.2 Å². The molecule has 1 aromatic rings. The van der Waals surface area contributed by atoms with E-state index in [1.807, 2.05) is 20.2 Å². The van der Waals surface area contributed by atoms with Crippen molar-refractivity contribution in [3.05, 3.63) is 17.5 Å². The van der Waals surface area contributed by atoms with Gasteiger partial charge in [0.25, 0.3) is 0 Å². The molecule has 0 saturated carbocycles. The number of ether oxygens (including phenoxy) is 1. The van der Waals surface area contributed by atoms with Crippen LogP contribution in [-0.2, 0) is 17.8 Å². The van der Waals surface area contributed by atoms with E-state index in [1.54, 1.807) is 4.68 Å². The molecule has 7 heteroatoms. The standard InChI is InChI=1S/C10H16F3N3O/c1-8-9(5-14-2)6-16(15-8)3-4-17-7-10(11,12)13/h6,14H,3-5,7H2,1-2H3. The van der Waals surface area contributed by atoms with E-state index in [1.165, 1.54) is 0 Å². The van der Waals surface area contributed by atoms with Gasteiger partial charge in [-0.3, -0.25) is 4.68 Å². The predicted octanol–water partition coefficient (Wildman–Crippen LogP) is 1.49. The van der Waals surface area contributed by atoms with Crippen molar-refractivity contribution in [2.45, 2.75) is 26.2 Å². The number of nitrogens with zero attached hydrogens (tertiary/aromatic N) is 2. The third kappa shape index (κ3) is 5.18. The Morgan fingerprint density at radius 2 is 2.18 bits per heavy atom. The van der Waals surface area contributed by atoms with Gasteiger partial charge in [0.05, 0.1) is 18.8 Å². The Morgan fingerprint density at radius 3 is 2.76 bits per heavy atom. The molecule has 98 valence electrons. The van der Waals surface area contributed by atoms with Crippen molar-refractivity contribution in [2.24, 2.45) is 0 Å². The molecule has 0 bridgehead atoms. The van der Waals surface area contributed by atoms with Crippen LogP contribution in [0.5, 0.6) is 0 Å². The van der Waals surface area contributed by atoms with E-state index in [0.717, 1.165) is 11.3 Å². The van der Waals surface area contributed by atoms with Crippen molar-refractivity contribution in [3.8, 4) is 0 Å². The maximum Gasteiger partial charge on any atom is 0.411 e. The second-order valence-electron chi connectivity index (χ2n) is 3.70. The van der Waals surface area contributed by atoms with Gasteiger partial charge in [0, 0.05) is 18.3 Å². The second-order valence-corrected chi connectivity index (χ2v) is 3.70. The molecule has 0 aromatic carbocycles. The third-order valence-electron chi connectivity index (χ3n) is 2.15. The maximum atomic E-state index is 11.8. The monoisotopic (exact) mass is 251 g/mol. The predicted molar refractivity (Wildman–Crippen MR) is 56.6 cm³/mol. The molecule has 0 spiro atoms. The summed E-state index contributed by atoms with van der Waals surface area (Å²) in [5.74, 6) is 0. The SMILES string of the molecule is CNCc1cn(CCOCC(F)(F)F)nc1C. The molecule has 0 radical (unpaired) electrons. The Labute approximate surface area is 97.8 Å². The fourth-order valence-electron chi connectivity index (χ4n) is 1.38. The number of hydrogen-bond acceptors (Lipinski definition) is 3. The molecule has 0 aliphatic heterocycles. The van der Waals surface area contributed by atoms with Crippen molar-refractivity contribution in [1.29, 1.82) is 0 Å². The maximum absolute atomic E-state index is 11.8. The van der Waals surface area contributed by atoms with Crippen LogP contribution in [0.1, 0.15) is 11.3 Å². The van der Waals surface area contributed by atoms with Gasteiger partial charge in [-0.2, -0.15) is 18.3 Å². The molecule has 17 heavy (non-hydrogen) atoms. The zero-order valence-electron chi connectivity index (χ0n) is 9.84. The Balaban J connectivity index is 2.34. The van der Waals surface area contributed by atoms with Gasteiger partial charge in [-0.05, 0) is 14.0 Å².